The standard InChI is InChI=1S/C18H20ClNO2/c1-4-16(22-17-10-5-7-12(2)13(17)3)18(21)20-15-9-6-8-14(19)11-15/h5-11,16H,4H2,1-3H3,(H,20,21)/t16-/m1/s1. The van der Waals surface area contributed by atoms with Gasteiger partial charge in [0.1, 0.15) is 5.75 Å². The number of hydrogen-bond donors (Lipinski definition) is 1. The summed E-state index contributed by atoms with van der Waals surface area (Å²) >= 11 is 5.93. The van der Waals surface area contributed by atoms with E-state index >= 15 is 0 Å². The summed E-state index contributed by atoms with van der Waals surface area (Å²) in [5, 5.41) is 3.42. The second-order valence-corrected chi connectivity index (χ2v) is 5.65. The first-order valence-electron chi connectivity index (χ1n) is 7.30. The summed E-state index contributed by atoms with van der Waals surface area (Å²) in [6, 6.07) is 12.9. The van der Waals surface area contributed by atoms with E-state index in [2.05, 4.69) is 5.32 Å². The zero-order chi connectivity index (χ0) is 16.1. The summed E-state index contributed by atoms with van der Waals surface area (Å²) in [6.07, 6.45) is 0.0410. The number of amides is 1. The van der Waals surface area contributed by atoms with Crippen molar-refractivity contribution in [3.63, 3.8) is 0 Å². The first-order valence-corrected chi connectivity index (χ1v) is 7.68. The Balaban J connectivity index is 2.10. The molecule has 0 saturated carbocycles. The van der Waals surface area contributed by atoms with E-state index in [1.165, 1.54) is 0 Å². The number of nitrogens with one attached hydrogen (secondary N) is 1. The van der Waals surface area contributed by atoms with Crippen molar-refractivity contribution in [2.24, 2.45) is 0 Å². The van der Waals surface area contributed by atoms with Crippen molar-refractivity contribution in [1.82, 2.24) is 0 Å². The maximum absolute atomic E-state index is 12.4. The Morgan fingerprint density at radius 1 is 1.23 bits per heavy atom. The molecule has 0 bridgehead atoms. The number of rotatable bonds is 5. The topological polar surface area (TPSA) is 38.3 Å². The van der Waals surface area contributed by atoms with Gasteiger partial charge < -0.3 is 10.1 Å². The molecular formula is C18H20ClNO2. The molecule has 0 heterocycles. The Hall–Kier alpha value is -2.00. The monoisotopic (exact) mass is 317 g/mol. The molecule has 3 nitrogen and oxygen atoms in total. The third kappa shape index (κ3) is 4.01. The number of anilines is 1. The number of benzene rings is 2. The molecule has 1 N–H and O–H groups in total. The predicted octanol–water partition coefficient (Wildman–Crippen LogP) is 4.75. The van der Waals surface area contributed by atoms with E-state index in [1.54, 1.807) is 24.3 Å². The van der Waals surface area contributed by atoms with Crippen LogP contribution >= 0.6 is 11.6 Å². The molecule has 22 heavy (non-hydrogen) atoms. The molecule has 1 atom stereocenters. The van der Waals surface area contributed by atoms with Crippen LogP contribution in [0.1, 0.15) is 24.5 Å². The third-order valence-electron chi connectivity index (χ3n) is 3.58. The molecule has 116 valence electrons. The van der Waals surface area contributed by atoms with Crippen molar-refractivity contribution in [3.05, 3.63) is 58.6 Å². The van der Waals surface area contributed by atoms with E-state index < -0.39 is 6.10 Å². The molecule has 2 aromatic rings. The van der Waals surface area contributed by atoms with Crippen LogP contribution in [0.5, 0.6) is 5.75 Å². The molecule has 0 saturated heterocycles. The number of carbonyl (C=O) groups is 1. The highest BCUT2D eigenvalue weighted by Crippen LogP contribution is 2.23. The molecule has 0 aromatic heterocycles. The highest BCUT2D eigenvalue weighted by atomic mass is 35.5. The number of carbonyl (C=O) groups excluding carboxylic acids is 1. The second-order valence-electron chi connectivity index (χ2n) is 5.21. The predicted molar refractivity (Wildman–Crippen MR) is 90.7 cm³/mol. The molecular weight excluding hydrogens is 298 g/mol. The van der Waals surface area contributed by atoms with Crippen molar-refractivity contribution < 1.29 is 9.53 Å². The van der Waals surface area contributed by atoms with E-state index in [1.807, 2.05) is 39.0 Å². The van der Waals surface area contributed by atoms with Crippen LogP contribution in [0.2, 0.25) is 5.02 Å². The second kappa shape index (κ2) is 7.32. The lowest BCUT2D eigenvalue weighted by atomic mass is 10.1. The van der Waals surface area contributed by atoms with Crippen LogP contribution in [0.3, 0.4) is 0 Å². The summed E-state index contributed by atoms with van der Waals surface area (Å²) < 4.78 is 5.89. The average Bonchev–Trinajstić information content (AvgIpc) is 2.48. The lowest BCUT2D eigenvalue weighted by molar-refractivity contribution is -0.122. The van der Waals surface area contributed by atoms with Gasteiger partial charge in [-0.1, -0.05) is 36.7 Å². The van der Waals surface area contributed by atoms with Crippen molar-refractivity contribution >= 4 is 23.2 Å². The zero-order valence-corrected chi connectivity index (χ0v) is 13.8. The SMILES string of the molecule is CC[C@@H](Oc1cccc(C)c1C)C(=O)Nc1cccc(Cl)c1. The highest BCUT2D eigenvalue weighted by molar-refractivity contribution is 6.30. The van der Waals surface area contributed by atoms with Crippen LogP contribution in [-0.2, 0) is 4.79 Å². The lowest BCUT2D eigenvalue weighted by Crippen LogP contribution is -2.32. The van der Waals surface area contributed by atoms with E-state index in [9.17, 15) is 4.79 Å². The molecule has 0 spiro atoms. The molecule has 0 radical (unpaired) electrons. The van der Waals surface area contributed by atoms with Crippen molar-refractivity contribution in [1.29, 1.82) is 0 Å². The van der Waals surface area contributed by atoms with Crippen LogP contribution in [0, 0.1) is 13.8 Å². The molecule has 0 aliphatic heterocycles. The Bertz CT molecular complexity index is 670. The lowest BCUT2D eigenvalue weighted by Gasteiger charge is -2.19. The molecule has 1 amide bonds. The largest absolute Gasteiger partial charge is 0.480 e. The van der Waals surface area contributed by atoms with Gasteiger partial charge in [0.2, 0.25) is 0 Å². The van der Waals surface area contributed by atoms with E-state index in [4.69, 9.17) is 16.3 Å². The summed E-state index contributed by atoms with van der Waals surface area (Å²) in [5.74, 6) is 0.568. The fourth-order valence-electron chi connectivity index (χ4n) is 2.12. The number of ether oxygens (including phenoxy) is 1. The minimum Gasteiger partial charge on any atom is -0.480 e. The quantitative estimate of drug-likeness (QED) is 0.864. The Labute approximate surface area is 136 Å². The molecule has 0 fully saturated rings. The summed E-state index contributed by atoms with van der Waals surface area (Å²) in [7, 11) is 0. The number of hydrogen-bond acceptors (Lipinski definition) is 2. The van der Waals surface area contributed by atoms with E-state index in [0.29, 0.717) is 17.1 Å². The molecule has 2 aromatic carbocycles. The van der Waals surface area contributed by atoms with E-state index in [-0.39, 0.29) is 5.91 Å². The van der Waals surface area contributed by atoms with Gasteiger partial charge in [-0.25, -0.2) is 0 Å². The van der Waals surface area contributed by atoms with Gasteiger partial charge in [0.15, 0.2) is 6.10 Å². The fraction of sp³-hybridized carbons (Fsp3) is 0.278. The van der Waals surface area contributed by atoms with Crippen molar-refractivity contribution in [2.45, 2.75) is 33.3 Å². The van der Waals surface area contributed by atoms with Crippen LogP contribution < -0.4 is 10.1 Å². The smallest absolute Gasteiger partial charge is 0.265 e. The van der Waals surface area contributed by atoms with Gasteiger partial charge in [-0.05, 0) is 55.7 Å². The van der Waals surface area contributed by atoms with Crippen LogP contribution in [-0.4, -0.2) is 12.0 Å². The summed E-state index contributed by atoms with van der Waals surface area (Å²) in [4.78, 5) is 12.4. The van der Waals surface area contributed by atoms with Gasteiger partial charge in [-0.3, -0.25) is 4.79 Å². The van der Waals surface area contributed by atoms with Gasteiger partial charge in [-0.15, -0.1) is 0 Å². The zero-order valence-electron chi connectivity index (χ0n) is 13.0. The Kier molecular flexibility index (Phi) is 5.45. The highest BCUT2D eigenvalue weighted by Gasteiger charge is 2.19. The van der Waals surface area contributed by atoms with Gasteiger partial charge in [0.25, 0.3) is 5.91 Å². The minimum atomic E-state index is -0.542. The molecule has 4 heteroatoms. The van der Waals surface area contributed by atoms with Crippen LogP contribution in [0.15, 0.2) is 42.5 Å². The van der Waals surface area contributed by atoms with E-state index in [0.717, 1.165) is 16.9 Å². The molecule has 2 rings (SSSR count). The summed E-state index contributed by atoms with van der Waals surface area (Å²) in [6.45, 7) is 5.94. The van der Waals surface area contributed by atoms with Crippen LogP contribution in [0.25, 0.3) is 0 Å². The maximum atomic E-state index is 12.4. The maximum Gasteiger partial charge on any atom is 0.265 e. The number of halogens is 1. The normalized spacial score (nSPS) is 11.8. The van der Waals surface area contributed by atoms with Crippen molar-refractivity contribution in [3.8, 4) is 5.75 Å². The van der Waals surface area contributed by atoms with Crippen molar-refractivity contribution in [2.75, 3.05) is 5.32 Å². The first kappa shape index (κ1) is 16.4. The van der Waals surface area contributed by atoms with Gasteiger partial charge in [0.05, 0.1) is 0 Å². The molecule has 0 aliphatic carbocycles. The number of aryl methyl sites for hydroxylation is 1. The first-order chi connectivity index (χ1) is 10.5. The third-order valence-corrected chi connectivity index (χ3v) is 3.81. The summed E-state index contributed by atoms with van der Waals surface area (Å²) in [5.41, 5.74) is 2.86. The van der Waals surface area contributed by atoms with Gasteiger partial charge in [0, 0.05) is 10.7 Å². The Morgan fingerprint density at radius 2 is 1.95 bits per heavy atom. The fourth-order valence-corrected chi connectivity index (χ4v) is 2.31. The van der Waals surface area contributed by atoms with Gasteiger partial charge >= 0.3 is 0 Å². The Morgan fingerprint density at radius 3 is 2.64 bits per heavy atom. The average molecular weight is 318 g/mol. The van der Waals surface area contributed by atoms with Crippen LogP contribution in [0.4, 0.5) is 5.69 Å². The minimum absolute atomic E-state index is 0.175. The molecule has 0 unspecified atom stereocenters. The molecule has 0 aliphatic rings. The van der Waals surface area contributed by atoms with Gasteiger partial charge in [-0.2, -0.15) is 0 Å².